The van der Waals surface area contributed by atoms with E-state index in [0.717, 1.165) is 19.1 Å². The third kappa shape index (κ3) is 9.34. The minimum absolute atomic E-state index is 0.0201. The number of rotatable bonds is 2. The number of nitrogens with two attached hydrogens (primary N) is 2. The normalized spacial score (nSPS) is 17.1. The van der Waals surface area contributed by atoms with Crippen LogP contribution >= 0.6 is 0 Å². The van der Waals surface area contributed by atoms with Crippen LogP contribution in [-0.4, -0.2) is 53.3 Å². The summed E-state index contributed by atoms with van der Waals surface area (Å²) in [6.07, 6.45) is -5.80. The number of ether oxygens (including phenoxy) is 1. The molecule has 5 N–H and O–H groups in total. The molecule has 0 radical (unpaired) electrons. The van der Waals surface area contributed by atoms with Crippen molar-refractivity contribution in [2.24, 2.45) is 21.5 Å². The second-order valence-corrected chi connectivity index (χ2v) is 5.96. The quantitative estimate of drug-likeness (QED) is 0.367. The maximum Gasteiger partial charge on any atom is 0.573 e. The molecule has 168 valence electrons. The van der Waals surface area contributed by atoms with E-state index in [2.05, 4.69) is 14.7 Å². The minimum Gasteiger partial charge on any atom is -0.481 e. The lowest BCUT2D eigenvalue weighted by Gasteiger charge is -2.32. The van der Waals surface area contributed by atoms with Crippen LogP contribution in [0.3, 0.4) is 0 Å². The summed E-state index contributed by atoms with van der Waals surface area (Å²) in [6, 6.07) is 2.43. The van der Waals surface area contributed by atoms with E-state index in [9.17, 15) is 26.3 Å². The zero-order chi connectivity index (χ0) is 23.1. The molecule has 1 saturated heterocycles. The molecule has 0 saturated carbocycles. The van der Waals surface area contributed by atoms with Gasteiger partial charge in [0.25, 0.3) is 11.9 Å². The van der Waals surface area contributed by atoms with Gasteiger partial charge in [-0.1, -0.05) is 0 Å². The molecule has 1 fully saturated rings. The van der Waals surface area contributed by atoms with Gasteiger partial charge in [-0.15, -0.1) is 13.2 Å². The number of aliphatic carboxylic acids is 1. The number of aliphatic imine (C=N–C) groups is 2. The molecule has 0 unspecified atom stereocenters. The number of nitrogens with zero attached hydrogens (tertiary/aromatic N) is 3. The van der Waals surface area contributed by atoms with Crippen molar-refractivity contribution in [2.75, 3.05) is 13.1 Å². The summed E-state index contributed by atoms with van der Waals surface area (Å²) in [5, 5.41) is 7.42. The van der Waals surface area contributed by atoms with Crippen LogP contribution in [0, 0.1) is 5.82 Å². The Hall–Kier alpha value is -3.19. The molecule has 8 nitrogen and oxygen atoms in total. The van der Waals surface area contributed by atoms with E-state index in [1.165, 1.54) is 4.90 Å². The first-order chi connectivity index (χ1) is 13.7. The largest absolute Gasteiger partial charge is 0.573 e. The highest BCUT2D eigenvalue weighted by atomic mass is 19.4. The van der Waals surface area contributed by atoms with E-state index in [1.807, 2.05) is 0 Å². The van der Waals surface area contributed by atoms with Crippen LogP contribution in [0.4, 0.5) is 32.0 Å². The third-order valence-corrected chi connectivity index (χ3v) is 3.43. The molecular weight excluding hydrogens is 424 g/mol. The van der Waals surface area contributed by atoms with Gasteiger partial charge in [0.05, 0.1) is 5.69 Å². The lowest BCUT2D eigenvalue weighted by molar-refractivity contribution is -0.275. The number of likely N-dealkylation sites (tertiary alicyclic amines) is 1. The van der Waals surface area contributed by atoms with Crippen LogP contribution in [0.1, 0.15) is 19.8 Å². The Kier molecular flexibility index (Phi) is 8.30. The molecule has 0 aromatic heterocycles. The van der Waals surface area contributed by atoms with Gasteiger partial charge in [0.1, 0.15) is 0 Å². The molecule has 1 heterocycles. The Bertz CT molecular complexity index is 799. The van der Waals surface area contributed by atoms with E-state index in [0.29, 0.717) is 6.07 Å². The average Bonchev–Trinajstić information content (AvgIpc) is 2.55. The average molecular weight is 443 g/mol. The molecule has 30 heavy (non-hydrogen) atoms. The van der Waals surface area contributed by atoms with Gasteiger partial charge in [0.15, 0.2) is 17.5 Å². The summed E-state index contributed by atoms with van der Waals surface area (Å²) in [5.41, 5.74) is 11.1. The van der Waals surface area contributed by atoms with E-state index >= 15 is 0 Å². The van der Waals surface area contributed by atoms with Gasteiger partial charge in [-0.2, -0.15) is 4.99 Å². The van der Waals surface area contributed by atoms with Crippen molar-refractivity contribution in [2.45, 2.75) is 32.1 Å². The smallest absolute Gasteiger partial charge is 0.481 e. The van der Waals surface area contributed by atoms with Crippen LogP contribution in [0.2, 0.25) is 0 Å². The highest BCUT2D eigenvalue weighted by Gasteiger charge is 2.34. The molecule has 1 aromatic carbocycles. The van der Waals surface area contributed by atoms with Crippen LogP contribution < -0.4 is 16.2 Å². The second kappa shape index (κ2) is 10.0. The standard InChI is InChI=1S/C14H15F6N5O.C2H4O2/c15-9-7-8(1-2-10(9)26-14(18,19)20)23-11(21)24-12(22)25-5-3-13(16,17)4-6-25;1-2(3)4/h1-2,7H,3-6H2,(H4,21,22,23,24);1H3,(H,3,4). The molecule has 0 aliphatic carbocycles. The van der Waals surface area contributed by atoms with Gasteiger partial charge in [-0.3, -0.25) is 4.79 Å². The van der Waals surface area contributed by atoms with Gasteiger partial charge >= 0.3 is 6.36 Å². The molecule has 1 aliphatic rings. The number of hydrogen-bond acceptors (Lipinski definition) is 3. The lowest BCUT2D eigenvalue weighted by atomic mass is 10.1. The first kappa shape index (κ1) is 24.8. The van der Waals surface area contributed by atoms with Gasteiger partial charge in [-0.05, 0) is 12.1 Å². The predicted molar refractivity (Wildman–Crippen MR) is 95.1 cm³/mol. The zero-order valence-electron chi connectivity index (χ0n) is 15.6. The molecule has 1 aliphatic heterocycles. The second-order valence-electron chi connectivity index (χ2n) is 5.96. The summed E-state index contributed by atoms with van der Waals surface area (Å²) in [5.74, 6) is -6.46. The summed E-state index contributed by atoms with van der Waals surface area (Å²) in [4.78, 5) is 17.8. The minimum atomic E-state index is -5.03. The fourth-order valence-electron chi connectivity index (χ4n) is 2.18. The van der Waals surface area contributed by atoms with Crippen molar-refractivity contribution in [3.63, 3.8) is 0 Å². The molecule has 2 rings (SSSR count). The zero-order valence-corrected chi connectivity index (χ0v) is 15.6. The van der Waals surface area contributed by atoms with E-state index in [-0.39, 0.29) is 37.6 Å². The number of guanidine groups is 2. The van der Waals surface area contributed by atoms with Gasteiger partial charge in [0.2, 0.25) is 5.96 Å². The fraction of sp³-hybridized carbons (Fsp3) is 0.438. The maximum atomic E-state index is 13.6. The van der Waals surface area contributed by atoms with E-state index in [4.69, 9.17) is 21.4 Å². The summed E-state index contributed by atoms with van der Waals surface area (Å²) in [7, 11) is 0. The van der Waals surface area contributed by atoms with Crippen LogP contribution in [0.25, 0.3) is 0 Å². The molecular formula is C16H19F6N5O3. The van der Waals surface area contributed by atoms with Crippen molar-refractivity contribution in [3.8, 4) is 5.75 Å². The maximum absolute atomic E-state index is 13.6. The van der Waals surface area contributed by atoms with Gasteiger partial charge < -0.3 is 26.2 Å². The molecule has 0 amide bonds. The third-order valence-electron chi connectivity index (χ3n) is 3.43. The molecule has 1 aromatic rings. The van der Waals surface area contributed by atoms with Crippen molar-refractivity contribution in [1.29, 1.82) is 0 Å². The Balaban J connectivity index is 0.00000103. The SMILES string of the molecule is CC(=O)O.NC(=Nc1ccc(OC(F)(F)F)c(F)c1)N=C(N)N1CCC(F)(F)CC1. The Morgan fingerprint density at radius 1 is 1.23 bits per heavy atom. The number of piperidine rings is 1. The predicted octanol–water partition coefficient (Wildman–Crippen LogP) is 2.81. The molecule has 0 spiro atoms. The molecule has 0 bridgehead atoms. The number of benzene rings is 1. The van der Waals surface area contributed by atoms with Gasteiger partial charge in [0, 0.05) is 38.9 Å². The molecule has 0 atom stereocenters. The first-order valence-corrected chi connectivity index (χ1v) is 8.24. The summed E-state index contributed by atoms with van der Waals surface area (Å²) < 4.78 is 79.5. The van der Waals surface area contributed by atoms with Crippen LogP contribution in [0.15, 0.2) is 28.2 Å². The van der Waals surface area contributed by atoms with Gasteiger partial charge in [-0.25, -0.2) is 18.2 Å². The lowest BCUT2D eigenvalue weighted by Crippen LogP contribution is -2.46. The highest BCUT2D eigenvalue weighted by Crippen LogP contribution is 2.29. The Morgan fingerprint density at radius 2 is 1.77 bits per heavy atom. The Morgan fingerprint density at radius 3 is 2.23 bits per heavy atom. The van der Waals surface area contributed by atoms with E-state index in [1.54, 1.807) is 0 Å². The highest BCUT2D eigenvalue weighted by molar-refractivity contribution is 5.94. The van der Waals surface area contributed by atoms with Crippen LogP contribution in [-0.2, 0) is 4.79 Å². The van der Waals surface area contributed by atoms with E-state index < -0.39 is 35.8 Å². The van der Waals surface area contributed by atoms with Crippen LogP contribution in [0.5, 0.6) is 5.75 Å². The topological polar surface area (TPSA) is 127 Å². The van der Waals surface area contributed by atoms with Crippen molar-refractivity contribution < 1.29 is 41.0 Å². The molecule has 14 heteroatoms. The first-order valence-electron chi connectivity index (χ1n) is 8.24. The van der Waals surface area contributed by atoms with Crippen molar-refractivity contribution in [1.82, 2.24) is 4.90 Å². The number of carboxylic acid groups (broad SMARTS) is 1. The van der Waals surface area contributed by atoms with Crippen molar-refractivity contribution in [3.05, 3.63) is 24.0 Å². The number of halogens is 6. The Labute approximate surface area is 166 Å². The van der Waals surface area contributed by atoms with Crippen molar-refractivity contribution >= 4 is 23.6 Å². The monoisotopic (exact) mass is 443 g/mol. The summed E-state index contributed by atoms with van der Waals surface area (Å²) >= 11 is 0. The number of alkyl halides is 5. The number of carbonyl (C=O) groups is 1. The number of carboxylic acids is 1. The summed E-state index contributed by atoms with van der Waals surface area (Å²) in [6.45, 7) is 1.04. The number of hydrogen-bond donors (Lipinski definition) is 3. The fourth-order valence-corrected chi connectivity index (χ4v) is 2.18.